The molecular weight excluding hydrogens is 268 g/mol. The second-order valence-electron chi connectivity index (χ2n) is 5.82. The molecule has 0 amide bonds. The van der Waals surface area contributed by atoms with Gasteiger partial charge in [0.2, 0.25) is 5.82 Å². The number of hydrogen-bond acceptors (Lipinski definition) is 5. The largest absolute Gasteiger partial charge is 0.348 e. The van der Waals surface area contributed by atoms with Crippen LogP contribution in [0.15, 0.2) is 30.3 Å². The number of aromatic nitrogens is 1. The number of nitrogens with one attached hydrogen (secondary N) is 1. The minimum Gasteiger partial charge on any atom is -0.348 e. The molecule has 2 saturated heterocycles. The Balaban J connectivity index is 1.82. The standard InChI is InChI=1S/C15H16N4O2/c20-19(21)14-7-10-3-1-2-4-13(10)17-15(14)18-8-11-5-6-12(9-18)16-11/h1-4,7,11-12,16H,5-6,8-9H2. The van der Waals surface area contributed by atoms with E-state index in [2.05, 4.69) is 15.2 Å². The van der Waals surface area contributed by atoms with Crippen molar-refractivity contribution in [3.05, 3.63) is 40.4 Å². The Hall–Kier alpha value is -2.21. The normalized spacial score (nSPS) is 24.5. The van der Waals surface area contributed by atoms with Crippen molar-refractivity contribution in [2.24, 2.45) is 0 Å². The minimum atomic E-state index is -0.321. The number of piperazine rings is 1. The highest BCUT2D eigenvalue weighted by Crippen LogP contribution is 2.33. The van der Waals surface area contributed by atoms with E-state index in [-0.39, 0.29) is 10.6 Å². The molecule has 1 aromatic carbocycles. The van der Waals surface area contributed by atoms with E-state index in [0.717, 1.165) is 36.8 Å². The van der Waals surface area contributed by atoms with Crippen LogP contribution in [0, 0.1) is 10.1 Å². The third kappa shape index (κ3) is 2.12. The molecule has 108 valence electrons. The summed E-state index contributed by atoms with van der Waals surface area (Å²) in [6.07, 6.45) is 2.28. The monoisotopic (exact) mass is 284 g/mol. The second-order valence-corrected chi connectivity index (χ2v) is 5.82. The van der Waals surface area contributed by atoms with Gasteiger partial charge in [0.15, 0.2) is 0 Å². The number of nitrogens with zero attached hydrogens (tertiary/aromatic N) is 3. The van der Waals surface area contributed by atoms with Crippen LogP contribution in [0.3, 0.4) is 0 Å². The Morgan fingerprint density at radius 2 is 1.95 bits per heavy atom. The van der Waals surface area contributed by atoms with Crippen LogP contribution in [0.5, 0.6) is 0 Å². The zero-order valence-corrected chi connectivity index (χ0v) is 11.5. The van der Waals surface area contributed by atoms with E-state index in [4.69, 9.17) is 0 Å². The summed E-state index contributed by atoms with van der Waals surface area (Å²) < 4.78 is 0. The molecule has 4 rings (SSSR count). The fourth-order valence-corrected chi connectivity index (χ4v) is 3.43. The zero-order valence-electron chi connectivity index (χ0n) is 11.5. The van der Waals surface area contributed by atoms with Crippen molar-refractivity contribution >= 4 is 22.4 Å². The smallest absolute Gasteiger partial charge is 0.312 e. The summed E-state index contributed by atoms with van der Waals surface area (Å²) in [6, 6.07) is 10.0. The van der Waals surface area contributed by atoms with Gasteiger partial charge in [-0.3, -0.25) is 10.1 Å². The van der Waals surface area contributed by atoms with Gasteiger partial charge in [-0.1, -0.05) is 18.2 Å². The van der Waals surface area contributed by atoms with Gasteiger partial charge < -0.3 is 10.2 Å². The van der Waals surface area contributed by atoms with E-state index in [0.29, 0.717) is 17.9 Å². The van der Waals surface area contributed by atoms with Crippen molar-refractivity contribution in [2.75, 3.05) is 18.0 Å². The van der Waals surface area contributed by atoms with Crippen LogP contribution in [0.25, 0.3) is 10.9 Å². The summed E-state index contributed by atoms with van der Waals surface area (Å²) in [7, 11) is 0. The molecule has 2 unspecified atom stereocenters. The lowest BCUT2D eigenvalue weighted by Crippen LogP contribution is -2.51. The first-order chi connectivity index (χ1) is 10.2. The summed E-state index contributed by atoms with van der Waals surface area (Å²) >= 11 is 0. The molecule has 2 bridgehead atoms. The molecule has 2 aromatic rings. The van der Waals surface area contributed by atoms with Gasteiger partial charge in [-0.15, -0.1) is 0 Å². The molecule has 0 radical (unpaired) electrons. The van der Waals surface area contributed by atoms with Gasteiger partial charge in [-0.25, -0.2) is 4.98 Å². The first kappa shape index (κ1) is 12.5. The maximum absolute atomic E-state index is 11.4. The predicted molar refractivity (Wildman–Crippen MR) is 80.6 cm³/mol. The SMILES string of the molecule is O=[N+]([O-])c1cc2ccccc2nc1N1CC2CCC(C1)N2. The lowest BCUT2D eigenvalue weighted by Gasteiger charge is -2.33. The average molecular weight is 284 g/mol. The maximum atomic E-state index is 11.4. The van der Waals surface area contributed by atoms with Crippen molar-refractivity contribution in [1.29, 1.82) is 0 Å². The molecule has 21 heavy (non-hydrogen) atoms. The van der Waals surface area contributed by atoms with Gasteiger partial charge in [0, 0.05) is 36.6 Å². The minimum absolute atomic E-state index is 0.106. The molecule has 1 N–H and O–H groups in total. The Labute approximate surface area is 121 Å². The van der Waals surface area contributed by atoms with Crippen LogP contribution < -0.4 is 10.2 Å². The molecule has 2 aliphatic rings. The molecular formula is C15H16N4O2. The summed E-state index contributed by atoms with van der Waals surface area (Å²) in [5, 5.41) is 15.8. The lowest BCUT2D eigenvalue weighted by molar-refractivity contribution is -0.384. The number of benzene rings is 1. The molecule has 1 aromatic heterocycles. The molecule has 3 heterocycles. The van der Waals surface area contributed by atoms with E-state index in [9.17, 15) is 10.1 Å². The van der Waals surface area contributed by atoms with Crippen LogP contribution in [-0.2, 0) is 0 Å². The van der Waals surface area contributed by atoms with Crippen LogP contribution in [-0.4, -0.2) is 35.1 Å². The number of anilines is 1. The molecule has 0 aliphatic carbocycles. The van der Waals surface area contributed by atoms with E-state index < -0.39 is 0 Å². The Bertz CT molecular complexity index is 706. The maximum Gasteiger partial charge on any atom is 0.312 e. The number of rotatable bonds is 2. The Kier molecular flexibility index (Phi) is 2.78. The first-order valence-electron chi connectivity index (χ1n) is 7.26. The zero-order chi connectivity index (χ0) is 14.4. The fourth-order valence-electron chi connectivity index (χ4n) is 3.43. The Morgan fingerprint density at radius 3 is 2.67 bits per heavy atom. The first-order valence-corrected chi connectivity index (χ1v) is 7.26. The fraction of sp³-hybridized carbons (Fsp3) is 0.400. The van der Waals surface area contributed by atoms with Crippen LogP contribution >= 0.6 is 0 Å². The number of pyridine rings is 1. The number of para-hydroxylation sites is 1. The number of nitro groups is 1. The van der Waals surface area contributed by atoms with Crippen LogP contribution in [0.1, 0.15) is 12.8 Å². The highest BCUT2D eigenvalue weighted by molar-refractivity contribution is 5.84. The topological polar surface area (TPSA) is 71.3 Å². The molecule has 2 aliphatic heterocycles. The lowest BCUT2D eigenvalue weighted by atomic mass is 10.1. The van der Waals surface area contributed by atoms with Crippen molar-refractivity contribution in [3.63, 3.8) is 0 Å². The molecule has 0 saturated carbocycles. The van der Waals surface area contributed by atoms with E-state index in [1.54, 1.807) is 6.07 Å². The number of hydrogen-bond donors (Lipinski definition) is 1. The van der Waals surface area contributed by atoms with E-state index in [1.165, 1.54) is 0 Å². The summed E-state index contributed by atoms with van der Waals surface area (Å²) in [5.74, 6) is 0.511. The van der Waals surface area contributed by atoms with E-state index in [1.807, 2.05) is 24.3 Å². The summed E-state index contributed by atoms with van der Waals surface area (Å²) in [6.45, 7) is 1.59. The van der Waals surface area contributed by atoms with Gasteiger partial charge in [0.1, 0.15) is 0 Å². The predicted octanol–water partition coefficient (Wildman–Crippen LogP) is 2.08. The highest BCUT2D eigenvalue weighted by Gasteiger charge is 2.35. The third-order valence-electron chi connectivity index (χ3n) is 4.40. The van der Waals surface area contributed by atoms with Crippen molar-refractivity contribution in [1.82, 2.24) is 10.3 Å². The van der Waals surface area contributed by atoms with Gasteiger partial charge in [-0.05, 0) is 18.9 Å². The van der Waals surface area contributed by atoms with Crippen LogP contribution in [0.4, 0.5) is 11.5 Å². The third-order valence-corrected chi connectivity index (χ3v) is 4.40. The number of fused-ring (bicyclic) bond motifs is 3. The van der Waals surface area contributed by atoms with Crippen molar-refractivity contribution in [2.45, 2.75) is 24.9 Å². The Morgan fingerprint density at radius 1 is 1.24 bits per heavy atom. The molecule has 2 fully saturated rings. The molecule has 6 heteroatoms. The van der Waals surface area contributed by atoms with Gasteiger partial charge in [-0.2, -0.15) is 0 Å². The van der Waals surface area contributed by atoms with Gasteiger partial charge in [0.25, 0.3) is 0 Å². The van der Waals surface area contributed by atoms with E-state index >= 15 is 0 Å². The summed E-state index contributed by atoms with van der Waals surface area (Å²) in [5.41, 5.74) is 0.916. The highest BCUT2D eigenvalue weighted by atomic mass is 16.6. The van der Waals surface area contributed by atoms with Gasteiger partial charge >= 0.3 is 5.69 Å². The molecule has 0 spiro atoms. The quantitative estimate of drug-likeness (QED) is 0.675. The second kappa shape index (κ2) is 4.66. The van der Waals surface area contributed by atoms with Crippen LogP contribution in [0.2, 0.25) is 0 Å². The molecule has 2 atom stereocenters. The van der Waals surface area contributed by atoms with Crippen molar-refractivity contribution in [3.8, 4) is 0 Å². The van der Waals surface area contributed by atoms with Crippen molar-refractivity contribution < 1.29 is 4.92 Å². The van der Waals surface area contributed by atoms with Gasteiger partial charge in [0.05, 0.1) is 10.4 Å². The average Bonchev–Trinajstić information content (AvgIpc) is 2.84. The molecule has 6 nitrogen and oxygen atoms in total. The summed E-state index contributed by atoms with van der Waals surface area (Å²) in [4.78, 5) is 17.7.